The SMILES string of the molecule is CC(S)C(=O)O.CSSC(C)C(=O)O. The minimum Gasteiger partial charge on any atom is -0.480 e. The maximum absolute atomic E-state index is 10.1. The molecular formula is C7H14O4S3. The van der Waals surface area contributed by atoms with Crippen LogP contribution in [0.1, 0.15) is 13.8 Å². The number of hydrogen-bond donors (Lipinski definition) is 3. The standard InChI is InChI=1S/C4H8O2S2.C3H6O2S/c1-3(4(5)6)8-7-2;1-2(6)3(4)5/h3H,1-2H3,(H,5,6);2,6H,1H3,(H,4,5). The Morgan fingerprint density at radius 3 is 1.64 bits per heavy atom. The van der Waals surface area contributed by atoms with Crippen molar-refractivity contribution in [3.05, 3.63) is 0 Å². The fraction of sp³-hybridized carbons (Fsp3) is 0.714. The Morgan fingerprint density at radius 2 is 1.57 bits per heavy atom. The van der Waals surface area contributed by atoms with Gasteiger partial charge in [0.15, 0.2) is 0 Å². The molecule has 14 heavy (non-hydrogen) atoms. The largest absolute Gasteiger partial charge is 0.480 e. The molecular weight excluding hydrogens is 244 g/mol. The molecule has 0 aliphatic rings. The molecule has 84 valence electrons. The average Bonchev–Trinajstić information content (AvgIpc) is 2.05. The van der Waals surface area contributed by atoms with Crippen LogP contribution in [0.4, 0.5) is 0 Å². The Morgan fingerprint density at radius 1 is 1.21 bits per heavy atom. The molecule has 0 fully saturated rings. The van der Waals surface area contributed by atoms with Crippen molar-refractivity contribution in [2.45, 2.75) is 24.3 Å². The molecule has 2 atom stereocenters. The number of aliphatic carboxylic acids is 2. The van der Waals surface area contributed by atoms with Crippen LogP contribution in [0.15, 0.2) is 0 Å². The van der Waals surface area contributed by atoms with Crippen molar-refractivity contribution >= 4 is 46.2 Å². The van der Waals surface area contributed by atoms with Gasteiger partial charge in [-0.15, -0.1) is 0 Å². The minimum absolute atomic E-state index is 0.287. The van der Waals surface area contributed by atoms with Crippen molar-refractivity contribution in [2.24, 2.45) is 0 Å². The molecule has 0 spiro atoms. The summed E-state index contributed by atoms with van der Waals surface area (Å²) in [6.45, 7) is 3.18. The highest BCUT2D eigenvalue weighted by Crippen LogP contribution is 2.22. The van der Waals surface area contributed by atoms with Crippen LogP contribution in [0.25, 0.3) is 0 Å². The van der Waals surface area contributed by atoms with Crippen LogP contribution in [-0.2, 0) is 9.59 Å². The predicted octanol–water partition coefficient (Wildman–Crippen LogP) is 1.86. The lowest BCUT2D eigenvalue weighted by Gasteiger charge is -1.99. The lowest BCUT2D eigenvalue weighted by Crippen LogP contribution is -2.09. The number of carbonyl (C=O) groups is 2. The van der Waals surface area contributed by atoms with Gasteiger partial charge in [-0.2, -0.15) is 12.6 Å². The topological polar surface area (TPSA) is 74.6 Å². The third-order valence-corrected chi connectivity index (χ3v) is 3.29. The number of carboxylic acid groups (broad SMARTS) is 2. The summed E-state index contributed by atoms with van der Waals surface area (Å²) in [7, 11) is 2.83. The van der Waals surface area contributed by atoms with Crippen LogP contribution in [0.5, 0.6) is 0 Å². The predicted molar refractivity (Wildman–Crippen MR) is 64.3 cm³/mol. The summed E-state index contributed by atoms with van der Waals surface area (Å²) in [5.74, 6) is -1.62. The number of thiol groups is 1. The van der Waals surface area contributed by atoms with E-state index >= 15 is 0 Å². The van der Waals surface area contributed by atoms with Gasteiger partial charge in [-0.1, -0.05) is 21.6 Å². The van der Waals surface area contributed by atoms with E-state index in [4.69, 9.17) is 10.2 Å². The van der Waals surface area contributed by atoms with Crippen LogP contribution in [0.2, 0.25) is 0 Å². The van der Waals surface area contributed by atoms with Crippen molar-refractivity contribution in [3.63, 3.8) is 0 Å². The number of carboxylic acids is 2. The highest BCUT2D eigenvalue weighted by molar-refractivity contribution is 8.76. The van der Waals surface area contributed by atoms with E-state index in [1.54, 1.807) is 6.92 Å². The fourth-order valence-corrected chi connectivity index (χ4v) is 1.67. The molecule has 0 aliphatic heterocycles. The van der Waals surface area contributed by atoms with Gasteiger partial charge in [0, 0.05) is 0 Å². The molecule has 2 N–H and O–H groups in total. The number of hydrogen-bond acceptors (Lipinski definition) is 5. The Hall–Kier alpha value is -0.0100. The molecule has 0 heterocycles. The van der Waals surface area contributed by atoms with Gasteiger partial charge in [0.2, 0.25) is 0 Å². The first-order valence-corrected chi connectivity index (χ1v) is 6.79. The quantitative estimate of drug-likeness (QED) is 0.528. The second-order valence-corrected chi connectivity index (χ2v) is 5.84. The zero-order valence-corrected chi connectivity index (χ0v) is 10.7. The summed E-state index contributed by atoms with van der Waals surface area (Å²) in [5.41, 5.74) is 0. The molecule has 0 saturated heterocycles. The minimum atomic E-state index is -0.877. The van der Waals surface area contributed by atoms with Gasteiger partial charge in [0.25, 0.3) is 0 Å². The molecule has 0 aromatic carbocycles. The van der Waals surface area contributed by atoms with E-state index in [2.05, 4.69) is 12.6 Å². The van der Waals surface area contributed by atoms with E-state index in [1.807, 2.05) is 6.26 Å². The highest BCUT2D eigenvalue weighted by Gasteiger charge is 2.08. The van der Waals surface area contributed by atoms with Crippen LogP contribution in [-0.4, -0.2) is 38.9 Å². The summed E-state index contributed by atoms with van der Waals surface area (Å²) in [5, 5.41) is 15.4. The molecule has 0 aliphatic carbocycles. The molecule has 0 aromatic heterocycles. The normalized spacial score (nSPS) is 13.4. The van der Waals surface area contributed by atoms with Crippen LogP contribution < -0.4 is 0 Å². The molecule has 0 rings (SSSR count). The second-order valence-electron chi connectivity index (χ2n) is 2.26. The van der Waals surface area contributed by atoms with Gasteiger partial charge in [0.05, 0.1) is 5.25 Å². The summed E-state index contributed by atoms with van der Waals surface area (Å²) in [4.78, 5) is 19.7. The van der Waals surface area contributed by atoms with Crippen molar-refractivity contribution in [1.29, 1.82) is 0 Å². The Labute approximate surface area is 96.6 Å². The smallest absolute Gasteiger partial charge is 0.317 e. The highest BCUT2D eigenvalue weighted by atomic mass is 33.1. The van der Waals surface area contributed by atoms with Gasteiger partial charge >= 0.3 is 11.9 Å². The van der Waals surface area contributed by atoms with Gasteiger partial charge in [0.1, 0.15) is 5.25 Å². The van der Waals surface area contributed by atoms with Gasteiger partial charge in [-0.05, 0) is 20.1 Å². The third-order valence-electron chi connectivity index (χ3n) is 0.946. The van der Waals surface area contributed by atoms with E-state index in [0.29, 0.717) is 0 Å². The van der Waals surface area contributed by atoms with Crippen LogP contribution in [0.3, 0.4) is 0 Å². The first kappa shape index (κ1) is 16.4. The van der Waals surface area contributed by atoms with Crippen molar-refractivity contribution in [1.82, 2.24) is 0 Å². The molecule has 7 heteroatoms. The summed E-state index contributed by atoms with van der Waals surface area (Å²) >= 11 is 3.59. The van der Waals surface area contributed by atoms with Crippen molar-refractivity contribution in [3.8, 4) is 0 Å². The maximum atomic E-state index is 10.1. The first-order valence-electron chi connectivity index (χ1n) is 3.66. The van der Waals surface area contributed by atoms with Crippen molar-refractivity contribution in [2.75, 3.05) is 6.26 Å². The second kappa shape index (κ2) is 9.54. The Kier molecular flexibility index (Phi) is 11.2. The van der Waals surface area contributed by atoms with Crippen LogP contribution in [0, 0.1) is 0 Å². The van der Waals surface area contributed by atoms with Crippen LogP contribution >= 0.6 is 34.2 Å². The van der Waals surface area contributed by atoms with Crippen molar-refractivity contribution < 1.29 is 19.8 Å². The first-order chi connectivity index (χ1) is 6.32. The lowest BCUT2D eigenvalue weighted by atomic mass is 10.5. The molecule has 0 bridgehead atoms. The number of rotatable bonds is 4. The lowest BCUT2D eigenvalue weighted by molar-refractivity contribution is -0.137. The Bertz CT molecular complexity index is 184. The molecule has 0 aromatic rings. The molecule has 0 amide bonds. The summed E-state index contributed by atoms with van der Waals surface area (Å²) in [6, 6.07) is 0. The van der Waals surface area contributed by atoms with E-state index in [-0.39, 0.29) is 5.25 Å². The average molecular weight is 258 g/mol. The zero-order valence-electron chi connectivity index (χ0n) is 8.13. The fourth-order valence-electron chi connectivity index (χ4n) is 0.185. The Balaban J connectivity index is 0. The molecule has 2 unspecified atom stereocenters. The maximum Gasteiger partial charge on any atom is 0.317 e. The van der Waals surface area contributed by atoms with E-state index in [9.17, 15) is 9.59 Å². The zero-order chi connectivity index (χ0) is 11.7. The van der Waals surface area contributed by atoms with E-state index in [1.165, 1.54) is 28.5 Å². The molecule has 0 saturated carbocycles. The monoisotopic (exact) mass is 258 g/mol. The van der Waals surface area contributed by atoms with E-state index in [0.717, 1.165) is 0 Å². The van der Waals surface area contributed by atoms with Gasteiger partial charge < -0.3 is 10.2 Å². The third kappa shape index (κ3) is 12.0. The van der Waals surface area contributed by atoms with Gasteiger partial charge in [-0.25, -0.2) is 0 Å². The van der Waals surface area contributed by atoms with E-state index < -0.39 is 17.2 Å². The van der Waals surface area contributed by atoms with Gasteiger partial charge in [-0.3, -0.25) is 9.59 Å². The summed E-state index contributed by atoms with van der Waals surface area (Å²) in [6.07, 6.45) is 1.87. The summed E-state index contributed by atoms with van der Waals surface area (Å²) < 4.78 is 0. The molecule has 4 nitrogen and oxygen atoms in total. The molecule has 0 radical (unpaired) electrons.